The van der Waals surface area contributed by atoms with E-state index in [0.717, 1.165) is 5.39 Å². The van der Waals surface area contributed by atoms with Gasteiger partial charge in [0.15, 0.2) is 23.9 Å². The fourth-order valence-electron chi connectivity index (χ4n) is 2.28. The minimum absolute atomic E-state index is 0.00288. The third-order valence-electron chi connectivity index (χ3n) is 3.45. The van der Waals surface area contributed by atoms with Crippen LogP contribution in [0.3, 0.4) is 0 Å². The summed E-state index contributed by atoms with van der Waals surface area (Å²) >= 11 is 0. The van der Waals surface area contributed by atoms with E-state index in [4.69, 9.17) is 15.2 Å². The van der Waals surface area contributed by atoms with Crippen LogP contribution in [0.5, 0.6) is 11.5 Å². The fourth-order valence-corrected chi connectivity index (χ4v) is 2.28. The quantitative estimate of drug-likeness (QED) is 0.708. The van der Waals surface area contributed by atoms with E-state index in [1.54, 1.807) is 18.2 Å². The number of methoxy groups -OCH3 is 1. The number of rotatable bonds is 4. The number of ether oxygens (including phenoxy) is 2. The zero-order chi connectivity index (χ0) is 17.1. The standard InChI is InChI=1S/C17H15N3O4/c1-23-13-8-4-6-11(15(13)21)17(22)24-9-14-19-12-7-3-2-5-10(12)16(18)20-14/h2-8,21H,9H2,1H3,(H2,18,19,20). The molecule has 0 saturated heterocycles. The van der Waals surface area contributed by atoms with Gasteiger partial charge in [0.25, 0.3) is 0 Å². The van der Waals surface area contributed by atoms with Gasteiger partial charge in [0.2, 0.25) is 0 Å². The molecule has 0 aliphatic carbocycles. The van der Waals surface area contributed by atoms with E-state index in [1.165, 1.54) is 13.2 Å². The van der Waals surface area contributed by atoms with E-state index < -0.39 is 5.97 Å². The van der Waals surface area contributed by atoms with E-state index >= 15 is 0 Å². The Balaban J connectivity index is 1.80. The van der Waals surface area contributed by atoms with Gasteiger partial charge >= 0.3 is 5.97 Å². The second-order valence-electron chi connectivity index (χ2n) is 4.97. The molecule has 0 amide bonds. The Morgan fingerprint density at radius 1 is 1.17 bits per heavy atom. The maximum Gasteiger partial charge on any atom is 0.342 e. The molecule has 3 aromatic rings. The molecule has 3 N–H and O–H groups in total. The number of nitrogens with zero attached hydrogens (tertiary/aromatic N) is 2. The lowest BCUT2D eigenvalue weighted by atomic mass is 10.2. The fraction of sp³-hybridized carbons (Fsp3) is 0.118. The molecule has 0 atom stereocenters. The van der Waals surface area contributed by atoms with Crippen LogP contribution in [0, 0.1) is 0 Å². The molecular formula is C17H15N3O4. The van der Waals surface area contributed by atoms with Crippen molar-refractivity contribution < 1.29 is 19.4 Å². The SMILES string of the molecule is COc1cccc(C(=O)OCc2nc(N)c3ccccc3n2)c1O. The molecule has 0 aliphatic rings. The zero-order valence-electron chi connectivity index (χ0n) is 12.9. The molecule has 2 aromatic carbocycles. The third kappa shape index (κ3) is 2.91. The molecule has 7 nitrogen and oxygen atoms in total. The van der Waals surface area contributed by atoms with Gasteiger partial charge in [-0.05, 0) is 24.3 Å². The van der Waals surface area contributed by atoms with Gasteiger partial charge in [-0.15, -0.1) is 0 Å². The monoisotopic (exact) mass is 325 g/mol. The number of nitrogens with two attached hydrogens (primary N) is 1. The number of benzene rings is 2. The van der Waals surface area contributed by atoms with Gasteiger partial charge in [-0.1, -0.05) is 18.2 Å². The van der Waals surface area contributed by atoms with Crippen molar-refractivity contribution >= 4 is 22.7 Å². The minimum atomic E-state index is -0.707. The number of para-hydroxylation sites is 2. The normalized spacial score (nSPS) is 10.5. The van der Waals surface area contributed by atoms with Crippen LogP contribution in [0.25, 0.3) is 10.9 Å². The third-order valence-corrected chi connectivity index (χ3v) is 3.45. The van der Waals surface area contributed by atoms with Crippen LogP contribution in [0.15, 0.2) is 42.5 Å². The topological polar surface area (TPSA) is 108 Å². The minimum Gasteiger partial charge on any atom is -0.504 e. The molecule has 0 unspecified atom stereocenters. The Bertz CT molecular complexity index is 911. The summed E-state index contributed by atoms with van der Waals surface area (Å²) in [5.74, 6) is -0.195. The maximum atomic E-state index is 12.1. The van der Waals surface area contributed by atoms with E-state index in [0.29, 0.717) is 11.3 Å². The van der Waals surface area contributed by atoms with Crippen LogP contribution in [0.1, 0.15) is 16.2 Å². The van der Waals surface area contributed by atoms with E-state index in [9.17, 15) is 9.90 Å². The maximum absolute atomic E-state index is 12.1. The van der Waals surface area contributed by atoms with Crippen molar-refractivity contribution in [1.29, 1.82) is 0 Å². The number of hydrogen-bond donors (Lipinski definition) is 2. The Hall–Kier alpha value is -3.35. The van der Waals surface area contributed by atoms with Gasteiger partial charge in [-0.2, -0.15) is 0 Å². The Labute approximate surface area is 137 Å². The molecule has 1 heterocycles. The summed E-state index contributed by atoms with van der Waals surface area (Å²) in [5.41, 5.74) is 6.56. The summed E-state index contributed by atoms with van der Waals surface area (Å²) in [6.07, 6.45) is 0. The van der Waals surface area contributed by atoms with Gasteiger partial charge in [-0.25, -0.2) is 14.8 Å². The van der Waals surface area contributed by atoms with Crippen LogP contribution >= 0.6 is 0 Å². The number of aromatic nitrogens is 2. The number of carbonyl (C=O) groups is 1. The first-order valence-electron chi connectivity index (χ1n) is 7.14. The molecule has 24 heavy (non-hydrogen) atoms. The number of anilines is 1. The molecule has 0 spiro atoms. The molecule has 0 bridgehead atoms. The first-order chi connectivity index (χ1) is 11.6. The summed E-state index contributed by atoms with van der Waals surface area (Å²) in [4.78, 5) is 20.6. The number of phenols is 1. The molecule has 7 heteroatoms. The molecule has 122 valence electrons. The largest absolute Gasteiger partial charge is 0.504 e. The highest BCUT2D eigenvalue weighted by atomic mass is 16.5. The van der Waals surface area contributed by atoms with Gasteiger partial charge in [-0.3, -0.25) is 0 Å². The molecular weight excluding hydrogens is 310 g/mol. The summed E-state index contributed by atoms with van der Waals surface area (Å²) < 4.78 is 10.1. The van der Waals surface area contributed by atoms with Crippen LogP contribution in [-0.4, -0.2) is 28.2 Å². The van der Waals surface area contributed by atoms with Crippen LogP contribution in [-0.2, 0) is 11.3 Å². The lowest BCUT2D eigenvalue weighted by Gasteiger charge is -2.09. The number of esters is 1. The van der Waals surface area contributed by atoms with Crippen molar-refractivity contribution in [2.24, 2.45) is 0 Å². The highest BCUT2D eigenvalue weighted by Gasteiger charge is 2.17. The van der Waals surface area contributed by atoms with Gasteiger partial charge in [0.05, 0.1) is 12.6 Å². The summed E-state index contributed by atoms with van der Waals surface area (Å²) in [6, 6.07) is 11.8. The van der Waals surface area contributed by atoms with E-state index in [2.05, 4.69) is 9.97 Å². The Kier molecular flexibility index (Phi) is 4.15. The molecule has 0 saturated carbocycles. The van der Waals surface area contributed by atoms with Crippen molar-refractivity contribution in [3.05, 3.63) is 53.9 Å². The van der Waals surface area contributed by atoms with Crippen LogP contribution in [0.2, 0.25) is 0 Å². The van der Waals surface area contributed by atoms with Crippen molar-refractivity contribution in [2.45, 2.75) is 6.61 Å². The van der Waals surface area contributed by atoms with E-state index in [1.807, 2.05) is 18.2 Å². The van der Waals surface area contributed by atoms with Crippen molar-refractivity contribution in [1.82, 2.24) is 9.97 Å². The molecule has 1 aromatic heterocycles. The van der Waals surface area contributed by atoms with Crippen molar-refractivity contribution in [2.75, 3.05) is 12.8 Å². The zero-order valence-corrected chi connectivity index (χ0v) is 12.9. The number of nitrogen functional groups attached to an aromatic ring is 1. The molecule has 0 radical (unpaired) electrons. The Morgan fingerprint density at radius 3 is 2.75 bits per heavy atom. The van der Waals surface area contributed by atoms with Gasteiger partial charge in [0, 0.05) is 5.39 Å². The van der Waals surface area contributed by atoms with Crippen LogP contribution < -0.4 is 10.5 Å². The lowest BCUT2D eigenvalue weighted by Crippen LogP contribution is -2.09. The van der Waals surface area contributed by atoms with Crippen molar-refractivity contribution in [3.8, 4) is 11.5 Å². The average Bonchev–Trinajstić information content (AvgIpc) is 2.60. The second-order valence-corrected chi connectivity index (χ2v) is 4.97. The number of hydrogen-bond acceptors (Lipinski definition) is 7. The predicted octanol–water partition coefficient (Wildman–Crippen LogP) is 2.28. The molecule has 0 fully saturated rings. The predicted molar refractivity (Wildman–Crippen MR) is 87.7 cm³/mol. The van der Waals surface area contributed by atoms with Crippen molar-refractivity contribution in [3.63, 3.8) is 0 Å². The van der Waals surface area contributed by atoms with Gasteiger partial charge < -0.3 is 20.3 Å². The highest BCUT2D eigenvalue weighted by Crippen LogP contribution is 2.30. The highest BCUT2D eigenvalue weighted by molar-refractivity contribution is 5.93. The van der Waals surface area contributed by atoms with Gasteiger partial charge in [0.1, 0.15) is 11.4 Å². The summed E-state index contributed by atoms with van der Waals surface area (Å²) in [7, 11) is 1.40. The number of aromatic hydroxyl groups is 1. The number of carbonyl (C=O) groups excluding carboxylic acids is 1. The second kappa shape index (κ2) is 6.41. The lowest BCUT2D eigenvalue weighted by molar-refractivity contribution is 0.0458. The first-order valence-corrected chi connectivity index (χ1v) is 7.14. The summed E-state index contributed by atoms with van der Waals surface area (Å²) in [5, 5.41) is 10.7. The average molecular weight is 325 g/mol. The number of fused-ring (bicyclic) bond motifs is 1. The summed E-state index contributed by atoms with van der Waals surface area (Å²) in [6.45, 7) is -0.162. The Morgan fingerprint density at radius 2 is 1.96 bits per heavy atom. The number of phenolic OH excluding ortho intramolecular Hbond substituents is 1. The van der Waals surface area contributed by atoms with Crippen LogP contribution in [0.4, 0.5) is 5.82 Å². The molecule has 0 aliphatic heterocycles. The first kappa shape index (κ1) is 15.5. The van der Waals surface area contributed by atoms with E-state index in [-0.39, 0.29) is 29.5 Å². The smallest absolute Gasteiger partial charge is 0.342 e. The molecule has 3 rings (SSSR count).